The molecule has 0 amide bonds. The lowest BCUT2D eigenvalue weighted by Crippen LogP contribution is -2.45. The topological polar surface area (TPSA) is 54.9 Å². The van der Waals surface area contributed by atoms with Crippen LogP contribution in [0.4, 0.5) is 0 Å². The number of aliphatic imine (C=N–C) groups is 1. The van der Waals surface area contributed by atoms with Crippen molar-refractivity contribution in [2.45, 2.75) is 58.4 Å². The van der Waals surface area contributed by atoms with Gasteiger partial charge in [0.25, 0.3) is 0 Å². The maximum atomic E-state index is 5.54. The first kappa shape index (κ1) is 22.9. The van der Waals surface area contributed by atoms with Crippen molar-refractivity contribution in [3.8, 4) is 0 Å². The van der Waals surface area contributed by atoms with E-state index in [4.69, 9.17) is 9.47 Å². The van der Waals surface area contributed by atoms with Crippen molar-refractivity contribution in [3.05, 3.63) is 0 Å². The zero-order chi connectivity index (χ0) is 16.0. The summed E-state index contributed by atoms with van der Waals surface area (Å²) in [5, 5.41) is 6.82. The number of hydrogen-bond donors (Lipinski definition) is 2. The number of unbranched alkanes of at least 4 members (excludes halogenated alkanes) is 1. The van der Waals surface area contributed by atoms with E-state index in [0.717, 1.165) is 31.4 Å². The number of rotatable bonds is 10. The first-order chi connectivity index (χ1) is 10.8. The third-order valence-corrected chi connectivity index (χ3v) is 4.13. The first-order valence-corrected chi connectivity index (χ1v) is 8.89. The van der Waals surface area contributed by atoms with Crippen LogP contribution in [0.2, 0.25) is 0 Å². The quantitative estimate of drug-likeness (QED) is 0.237. The van der Waals surface area contributed by atoms with Crippen molar-refractivity contribution in [1.29, 1.82) is 0 Å². The van der Waals surface area contributed by atoms with E-state index in [9.17, 15) is 0 Å². The predicted octanol–water partition coefficient (Wildman–Crippen LogP) is 3.18. The normalized spacial score (nSPS) is 21.6. The van der Waals surface area contributed by atoms with E-state index >= 15 is 0 Å². The van der Waals surface area contributed by atoms with E-state index in [0.29, 0.717) is 25.9 Å². The van der Waals surface area contributed by atoms with Crippen LogP contribution in [0.15, 0.2) is 4.99 Å². The second-order valence-electron chi connectivity index (χ2n) is 6.18. The summed E-state index contributed by atoms with van der Waals surface area (Å²) in [7, 11) is 1.82. The largest absolute Gasteiger partial charge is 0.379 e. The molecule has 138 valence electrons. The third-order valence-electron chi connectivity index (χ3n) is 4.13. The monoisotopic (exact) mass is 441 g/mol. The molecule has 0 unspecified atom stereocenters. The van der Waals surface area contributed by atoms with E-state index in [-0.39, 0.29) is 24.0 Å². The Labute approximate surface area is 159 Å². The van der Waals surface area contributed by atoms with Gasteiger partial charge >= 0.3 is 0 Å². The van der Waals surface area contributed by atoms with Gasteiger partial charge in [-0.1, -0.05) is 20.3 Å². The van der Waals surface area contributed by atoms with Crippen LogP contribution in [0, 0.1) is 5.92 Å². The molecule has 2 N–H and O–H groups in total. The van der Waals surface area contributed by atoms with E-state index in [1.807, 2.05) is 7.05 Å². The van der Waals surface area contributed by atoms with Gasteiger partial charge in [-0.05, 0) is 38.0 Å². The van der Waals surface area contributed by atoms with E-state index in [1.54, 1.807) is 0 Å². The number of ether oxygens (including phenoxy) is 2. The summed E-state index contributed by atoms with van der Waals surface area (Å²) in [6.45, 7) is 8.16. The van der Waals surface area contributed by atoms with Crippen LogP contribution in [0.25, 0.3) is 0 Å². The lowest BCUT2D eigenvalue weighted by Gasteiger charge is -2.28. The molecule has 0 aromatic carbocycles. The van der Waals surface area contributed by atoms with Crippen molar-refractivity contribution in [2.24, 2.45) is 10.9 Å². The van der Waals surface area contributed by atoms with Crippen LogP contribution in [0.1, 0.15) is 52.4 Å². The van der Waals surface area contributed by atoms with E-state index in [2.05, 4.69) is 29.5 Å². The highest BCUT2D eigenvalue weighted by Crippen LogP contribution is 2.23. The van der Waals surface area contributed by atoms with Gasteiger partial charge in [-0.25, -0.2) is 0 Å². The SMILES string of the molecule is CCCCOCCOCCNC(=NC)NC1CCC(C)CC1.I. The molecule has 23 heavy (non-hydrogen) atoms. The second kappa shape index (κ2) is 15.4. The number of nitrogens with one attached hydrogen (secondary N) is 2. The van der Waals surface area contributed by atoms with Crippen LogP contribution < -0.4 is 10.6 Å². The zero-order valence-corrected chi connectivity index (χ0v) is 17.4. The Hall–Kier alpha value is -0.0800. The molecule has 0 spiro atoms. The van der Waals surface area contributed by atoms with Gasteiger partial charge in [0.05, 0.1) is 19.8 Å². The van der Waals surface area contributed by atoms with Gasteiger partial charge in [-0.15, -0.1) is 24.0 Å². The summed E-state index contributed by atoms with van der Waals surface area (Å²) in [6, 6.07) is 0.565. The van der Waals surface area contributed by atoms with Crippen molar-refractivity contribution in [1.82, 2.24) is 10.6 Å². The standard InChI is InChI=1S/C17H35N3O2.HI/c1-4-5-11-21-13-14-22-12-10-19-17(18-3)20-16-8-6-15(2)7-9-16;/h15-16H,4-14H2,1-3H3,(H2,18,19,20);1H. The minimum absolute atomic E-state index is 0. The molecule has 0 atom stereocenters. The molecular weight excluding hydrogens is 405 g/mol. The average Bonchev–Trinajstić information content (AvgIpc) is 2.54. The Bertz CT molecular complexity index is 296. The third kappa shape index (κ3) is 12.0. The van der Waals surface area contributed by atoms with Crippen LogP contribution in [-0.2, 0) is 9.47 Å². The predicted molar refractivity (Wildman–Crippen MR) is 108 cm³/mol. The van der Waals surface area contributed by atoms with Gasteiger partial charge in [-0.2, -0.15) is 0 Å². The molecule has 1 rings (SSSR count). The van der Waals surface area contributed by atoms with Crippen LogP contribution >= 0.6 is 24.0 Å². The zero-order valence-electron chi connectivity index (χ0n) is 15.1. The Balaban J connectivity index is 0.00000484. The molecule has 1 aliphatic rings. The molecule has 1 fully saturated rings. The second-order valence-corrected chi connectivity index (χ2v) is 6.18. The van der Waals surface area contributed by atoms with Crippen LogP contribution in [-0.4, -0.2) is 52.0 Å². The average molecular weight is 441 g/mol. The van der Waals surface area contributed by atoms with Crippen molar-refractivity contribution < 1.29 is 9.47 Å². The Morgan fingerprint density at radius 2 is 1.70 bits per heavy atom. The fraction of sp³-hybridized carbons (Fsp3) is 0.941. The molecule has 0 radical (unpaired) electrons. The van der Waals surface area contributed by atoms with Gasteiger partial charge in [0, 0.05) is 26.2 Å². The summed E-state index contributed by atoms with van der Waals surface area (Å²) < 4.78 is 11.0. The summed E-state index contributed by atoms with van der Waals surface area (Å²) in [5.41, 5.74) is 0. The first-order valence-electron chi connectivity index (χ1n) is 8.89. The summed E-state index contributed by atoms with van der Waals surface area (Å²) in [6.07, 6.45) is 7.42. The molecule has 0 aromatic heterocycles. The molecule has 1 saturated carbocycles. The number of hydrogen-bond acceptors (Lipinski definition) is 3. The van der Waals surface area contributed by atoms with E-state index in [1.165, 1.54) is 32.1 Å². The van der Waals surface area contributed by atoms with Crippen LogP contribution in [0.3, 0.4) is 0 Å². The Morgan fingerprint density at radius 3 is 2.30 bits per heavy atom. The fourth-order valence-electron chi connectivity index (χ4n) is 2.60. The van der Waals surface area contributed by atoms with Crippen molar-refractivity contribution in [3.63, 3.8) is 0 Å². The minimum atomic E-state index is 0. The molecule has 0 bridgehead atoms. The minimum Gasteiger partial charge on any atom is -0.379 e. The highest BCUT2D eigenvalue weighted by Gasteiger charge is 2.18. The Kier molecular flexibility index (Phi) is 15.4. The number of nitrogens with zero attached hydrogens (tertiary/aromatic N) is 1. The van der Waals surface area contributed by atoms with Gasteiger partial charge in [-0.3, -0.25) is 4.99 Å². The van der Waals surface area contributed by atoms with Crippen molar-refractivity contribution in [2.75, 3.05) is 40.0 Å². The lowest BCUT2D eigenvalue weighted by atomic mass is 9.87. The number of guanidine groups is 1. The van der Waals surface area contributed by atoms with Gasteiger partial charge in [0.1, 0.15) is 0 Å². The van der Waals surface area contributed by atoms with Crippen molar-refractivity contribution >= 4 is 29.9 Å². The van der Waals surface area contributed by atoms with Gasteiger partial charge in [0.15, 0.2) is 5.96 Å². The molecule has 5 nitrogen and oxygen atoms in total. The van der Waals surface area contributed by atoms with Gasteiger partial charge < -0.3 is 20.1 Å². The molecule has 0 aliphatic heterocycles. The maximum Gasteiger partial charge on any atom is 0.191 e. The van der Waals surface area contributed by atoms with Crippen LogP contribution in [0.5, 0.6) is 0 Å². The summed E-state index contributed by atoms with van der Waals surface area (Å²) in [5.74, 6) is 1.77. The maximum absolute atomic E-state index is 5.54. The number of halogens is 1. The molecule has 0 aromatic rings. The fourth-order valence-corrected chi connectivity index (χ4v) is 2.60. The highest BCUT2D eigenvalue weighted by molar-refractivity contribution is 14.0. The summed E-state index contributed by atoms with van der Waals surface area (Å²) >= 11 is 0. The van der Waals surface area contributed by atoms with E-state index < -0.39 is 0 Å². The molecule has 0 saturated heterocycles. The Morgan fingerprint density at radius 1 is 1.04 bits per heavy atom. The highest BCUT2D eigenvalue weighted by atomic mass is 127. The smallest absolute Gasteiger partial charge is 0.191 e. The molecule has 0 heterocycles. The molecule has 1 aliphatic carbocycles. The van der Waals surface area contributed by atoms with Gasteiger partial charge in [0.2, 0.25) is 0 Å². The molecule has 6 heteroatoms. The summed E-state index contributed by atoms with van der Waals surface area (Å²) in [4.78, 5) is 4.28. The molecular formula is C17H36IN3O2. The lowest BCUT2D eigenvalue weighted by molar-refractivity contribution is 0.0487.